The summed E-state index contributed by atoms with van der Waals surface area (Å²) in [6.07, 6.45) is 0.213. The predicted octanol–water partition coefficient (Wildman–Crippen LogP) is -0.274. The van der Waals surface area contributed by atoms with Gasteiger partial charge in [-0.05, 0) is 6.42 Å². The minimum absolute atomic E-state index is 0.0312. The highest BCUT2D eigenvalue weighted by molar-refractivity contribution is 5.81. The normalized spacial score (nSPS) is 27.7. The summed E-state index contributed by atoms with van der Waals surface area (Å²) in [4.78, 5) is 10.7. The summed E-state index contributed by atoms with van der Waals surface area (Å²) in [5, 5.41) is 2.68. The molecule has 0 saturated carbocycles. The molecular formula is C6H10NO2. The number of ether oxygens (including phenoxy) is 1. The minimum atomic E-state index is -0.307. The lowest BCUT2D eigenvalue weighted by Crippen LogP contribution is -2.43. The zero-order valence-electron chi connectivity index (χ0n) is 5.22. The van der Waals surface area contributed by atoms with E-state index < -0.39 is 0 Å². The molecule has 1 saturated heterocycles. The average Bonchev–Trinajstić information content (AvgIpc) is 1.89. The van der Waals surface area contributed by atoms with Gasteiger partial charge in [0.05, 0.1) is 6.61 Å². The molecule has 0 aliphatic carbocycles. The number of carbonyl (C=O) groups is 1. The Morgan fingerprint density at radius 1 is 1.89 bits per heavy atom. The van der Waals surface area contributed by atoms with Gasteiger partial charge in [-0.1, -0.05) is 6.92 Å². The second kappa shape index (κ2) is 2.82. The van der Waals surface area contributed by atoms with Gasteiger partial charge < -0.3 is 10.1 Å². The van der Waals surface area contributed by atoms with Crippen LogP contribution in [0.15, 0.2) is 0 Å². The Morgan fingerprint density at radius 2 is 2.67 bits per heavy atom. The molecule has 1 radical (unpaired) electrons. The maximum absolute atomic E-state index is 10.7. The van der Waals surface area contributed by atoms with E-state index in [1.165, 1.54) is 0 Å². The van der Waals surface area contributed by atoms with E-state index in [-0.39, 0.29) is 12.0 Å². The lowest BCUT2D eigenvalue weighted by Gasteiger charge is -2.20. The van der Waals surface area contributed by atoms with Crippen LogP contribution in [0.3, 0.4) is 0 Å². The van der Waals surface area contributed by atoms with Crippen LogP contribution in [0, 0.1) is 6.92 Å². The highest BCUT2D eigenvalue weighted by Crippen LogP contribution is 2.00. The van der Waals surface area contributed by atoms with Gasteiger partial charge in [-0.25, -0.2) is 0 Å². The fourth-order valence-corrected chi connectivity index (χ4v) is 0.779. The van der Waals surface area contributed by atoms with Gasteiger partial charge in [0.25, 0.3) is 0 Å². The average molecular weight is 128 g/mol. The first-order chi connectivity index (χ1) is 4.34. The molecular weight excluding hydrogens is 118 g/mol. The van der Waals surface area contributed by atoms with Crippen LogP contribution in [0.1, 0.15) is 6.42 Å². The van der Waals surface area contributed by atoms with Gasteiger partial charge >= 0.3 is 0 Å². The fraction of sp³-hybridized carbons (Fsp3) is 0.667. The second-order valence-electron chi connectivity index (χ2n) is 1.94. The van der Waals surface area contributed by atoms with Crippen molar-refractivity contribution < 1.29 is 9.53 Å². The monoisotopic (exact) mass is 128 g/mol. The van der Waals surface area contributed by atoms with Crippen molar-refractivity contribution in [2.75, 3.05) is 13.2 Å². The summed E-state index contributed by atoms with van der Waals surface area (Å²) in [7, 11) is 0. The number of hydrogen-bond donors (Lipinski definition) is 1. The van der Waals surface area contributed by atoms with Crippen molar-refractivity contribution in [2.24, 2.45) is 0 Å². The van der Waals surface area contributed by atoms with Crippen molar-refractivity contribution in [2.45, 2.75) is 12.5 Å². The number of carbonyl (C=O) groups excluding carboxylic acids is 1. The summed E-state index contributed by atoms with van der Waals surface area (Å²) in [6, 6.07) is 0. The van der Waals surface area contributed by atoms with Gasteiger partial charge in [0, 0.05) is 6.54 Å². The van der Waals surface area contributed by atoms with E-state index in [0.29, 0.717) is 19.6 Å². The molecule has 0 aromatic heterocycles. The van der Waals surface area contributed by atoms with E-state index in [4.69, 9.17) is 4.74 Å². The Labute approximate surface area is 54.4 Å². The van der Waals surface area contributed by atoms with Crippen molar-refractivity contribution in [1.82, 2.24) is 5.32 Å². The number of rotatable bonds is 1. The first-order valence-corrected chi connectivity index (χ1v) is 3.03. The Kier molecular flexibility index (Phi) is 2.05. The maximum atomic E-state index is 10.7. The van der Waals surface area contributed by atoms with E-state index in [9.17, 15) is 4.79 Å². The Hall–Kier alpha value is -0.570. The van der Waals surface area contributed by atoms with Crippen LogP contribution in [-0.2, 0) is 9.53 Å². The molecule has 0 bridgehead atoms. The van der Waals surface area contributed by atoms with Crippen LogP contribution in [0.4, 0.5) is 0 Å². The van der Waals surface area contributed by atoms with Crippen molar-refractivity contribution in [3.8, 4) is 0 Å². The molecule has 3 heteroatoms. The summed E-state index contributed by atoms with van der Waals surface area (Å²) in [5.41, 5.74) is 0. The molecule has 51 valence electrons. The summed E-state index contributed by atoms with van der Waals surface area (Å²) >= 11 is 0. The molecule has 1 aliphatic heterocycles. The Balaban J connectivity index is 2.39. The zero-order valence-corrected chi connectivity index (χ0v) is 5.22. The van der Waals surface area contributed by atoms with E-state index in [2.05, 4.69) is 12.2 Å². The van der Waals surface area contributed by atoms with E-state index in [1.807, 2.05) is 0 Å². The molecule has 1 amide bonds. The number of nitrogens with one attached hydrogen (secondary N) is 1. The third kappa shape index (κ3) is 1.42. The van der Waals surface area contributed by atoms with Crippen LogP contribution >= 0.6 is 0 Å². The van der Waals surface area contributed by atoms with Crippen LogP contribution in [0.5, 0.6) is 0 Å². The lowest BCUT2D eigenvalue weighted by atomic mass is 10.2. The highest BCUT2D eigenvalue weighted by Gasteiger charge is 2.19. The van der Waals surface area contributed by atoms with Crippen molar-refractivity contribution in [3.63, 3.8) is 0 Å². The quantitative estimate of drug-likeness (QED) is 0.527. The topological polar surface area (TPSA) is 38.3 Å². The summed E-state index contributed by atoms with van der Waals surface area (Å²) in [6.45, 7) is 4.83. The molecule has 0 spiro atoms. The van der Waals surface area contributed by atoms with Crippen LogP contribution in [0.2, 0.25) is 0 Å². The molecule has 1 fully saturated rings. The van der Waals surface area contributed by atoms with Crippen LogP contribution in [-0.4, -0.2) is 25.2 Å². The highest BCUT2D eigenvalue weighted by atomic mass is 16.5. The largest absolute Gasteiger partial charge is 0.367 e. The maximum Gasteiger partial charge on any atom is 0.249 e. The van der Waals surface area contributed by atoms with Gasteiger partial charge in [0.1, 0.15) is 6.10 Å². The van der Waals surface area contributed by atoms with Crippen molar-refractivity contribution in [3.05, 3.63) is 6.92 Å². The standard InChI is InChI=1S/C6H10NO2/c1-2-5-6(8)7-3-4-9-5/h5H,1-4H2,(H,7,8). The van der Waals surface area contributed by atoms with Crippen molar-refractivity contribution in [1.29, 1.82) is 0 Å². The number of amides is 1. The molecule has 9 heavy (non-hydrogen) atoms. The second-order valence-corrected chi connectivity index (χ2v) is 1.94. The van der Waals surface area contributed by atoms with E-state index in [1.54, 1.807) is 0 Å². The number of morpholine rings is 1. The zero-order chi connectivity index (χ0) is 6.69. The lowest BCUT2D eigenvalue weighted by molar-refractivity contribution is -0.137. The molecule has 1 atom stereocenters. The van der Waals surface area contributed by atoms with Gasteiger partial charge in [-0.15, -0.1) is 0 Å². The molecule has 1 aliphatic rings. The fourth-order valence-electron chi connectivity index (χ4n) is 0.779. The third-order valence-corrected chi connectivity index (χ3v) is 1.27. The molecule has 1 unspecified atom stereocenters. The summed E-state index contributed by atoms with van der Waals surface area (Å²) in [5.74, 6) is -0.0312. The summed E-state index contributed by atoms with van der Waals surface area (Å²) < 4.78 is 5.06. The molecule has 1 rings (SSSR count). The molecule has 0 aromatic carbocycles. The third-order valence-electron chi connectivity index (χ3n) is 1.27. The molecule has 3 nitrogen and oxygen atoms in total. The minimum Gasteiger partial charge on any atom is -0.367 e. The number of hydrogen-bond acceptors (Lipinski definition) is 2. The van der Waals surface area contributed by atoms with Gasteiger partial charge in [0.2, 0.25) is 5.91 Å². The van der Waals surface area contributed by atoms with Crippen LogP contribution in [0.25, 0.3) is 0 Å². The first kappa shape index (κ1) is 6.55. The smallest absolute Gasteiger partial charge is 0.249 e. The molecule has 1 heterocycles. The van der Waals surface area contributed by atoms with Crippen molar-refractivity contribution >= 4 is 5.91 Å². The molecule has 0 aromatic rings. The van der Waals surface area contributed by atoms with Gasteiger partial charge in [0.15, 0.2) is 0 Å². The van der Waals surface area contributed by atoms with Gasteiger partial charge in [-0.2, -0.15) is 0 Å². The Bertz CT molecular complexity index is 114. The molecule has 1 N–H and O–H groups in total. The van der Waals surface area contributed by atoms with Crippen LogP contribution < -0.4 is 5.32 Å². The predicted molar refractivity (Wildman–Crippen MR) is 32.7 cm³/mol. The SMILES string of the molecule is [CH2]CC1OCCNC1=O. The van der Waals surface area contributed by atoms with E-state index in [0.717, 1.165) is 0 Å². The van der Waals surface area contributed by atoms with E-state index >= 15 is 0 Å². The van der Waals surface area contributed by atoms with Gasteiger partial charge in [-0.3, -0.25) is 4.79 Å². The first-order valence-electron chi connectivity index (χ1n) is 3.03. The Morgan fingerprint density at radius 3 is 3.11 bits per heavy atom.